The van der Waals surface area contributed by atoms with Crippen LogP contribution in [0.1, 0.15) is 84.8 Å². The molecule has 4 nitrogen and oxygen atoms in total. The van der Waals surface area contributed by atoms with E-state index < -0.39 is 5.41 Å². The Labute approximate surface area is 179 Å². The van der Waals surface area contributed by atoms with Crippen molar-refractivity contribution in [3.05, 3.63) is 29.3 Å². The molecule has 1 aromatic carbocycles. The highest BCUT2D eigenvalue weighted by atomic mass is 16.7. The topological polar surface area (TPSA) is 44.8 Å². The Balaban J connectivity index is 0.00000379. The first-order valence-electron chi connectivity index (χ1n) is 11.2. The van der Waals surface area contributed by atoms with Crippen molar-refractivity contribution < 1.29 is 19.0 Å². The first-order chi connectivity index (χ1) is 13.9. The van der Waals surface area contributed by atoms with Crippen LogP contribution >= 0.6 is 0 Å². The van der Waals surface area contributed by atoms with E-state index in [1.54, 1.807) is 21.3 Å². The van der Waals surface area contributed by atoms with Crippen molar-refractivity contribution in [2.45, 2.75) is 91.8 Å². The average Bonchev–Trinajstić information content (AvgIpc) is 2.76. The highest BCUT2D eigenvalue weighted by Crippen LogP contribution is 2.41. The summed E-state index contributed by atoms with van der Waals surface area (Å²) in [6, 6.07) is 6.18. The normalized spacial score (nSPS) is 13.1. The first-order valence-corrected chi connectivity index (χ1v) is 11.2. The zero-order valence-corrected chi connectivity index (χ0v) is 20.3. The molecule has 0 amide bonds. The van der Waals surface area contributed by atoms with Crippen LogP contribution in [0.4, 0.5) is 0 Å². The third kappa shape index (κ3) is 7.42. The second kappa shape index (κ2) is 14.6. The summed E-state index contributed by atoms with van der Waals surface area (Å²) in [6.07, 6.45) is 4.90. The number of carbonyl (C=O) groups is 1. The molecule has 0 saturated carbocycles. The number of aryl methyl sites for hydroxylation is 1. The molecule has 0 spiro atoms. The van der Waals surface area contributed by atoms with E-state index in [9.17, 15) is 4.79 Å². The summed E-state index contributed by atoms with van der Waals surface area (Å²) in [5.74, 6) is 1.11. The van der Waals surface area contributed by atoms with E-state index in [1.807, 2.05) is 33.8 Å². The number of hydrogen-bond acceptors (Lipinski definition) is 4. The molecule has 29 heavy (non-hydrogen) atoms. The summed E-state index contributed by atoms with van der Waals surface area (Å²) in [7, 11) is 4.99. The molecule has 1 aromatic rings. The van der Waals surface area contributed by atoms with Crippen molar-refractivity contribution >= 4 is 5.78 Å². The van der Waals surface area contributed by atoms with Crippen LogP contribution in [0.15, 0.2) is 18.2 Å². The van der Waals surface area contributed by atoms with Crippen molar-refractivity contribution in [1.29, 1.82) is 0 Å². The standard InChI is InChI=1S/C23H38O4.C2H6/c1-8-14-23(22(24)17(3)4,15-10-11-21(26-6)27-7)20-16-19(25-5)13-12-18(20)9-2;1-2/h12-13,16-17,21H,8-11,14-15H2,1-7H3;1-2H3/t23-;/m1./s1. The molecule has 0 aromatic heterocycles. The fourth-order valence-electron chi connectivity index (χ4n) is 4.09. The summed E-state index contributed by atoms with van der Waals surface area (Å²) in [6.45, 7) is 12.3. The summed E-state index contributed by atoms with van der Waals surface area (Å²) in [4.78, 5) is 13.5. The third-order valence-electron chi connectivity index (χ3n) is 5.46. The van der Waals surface area contributed by atoms with Crippen molar-refractivity contribution in [1.82, 2.24) is 0 Å². The molecule has 168 valence electrons. The van der Waals surface area contributed by atoms with Crippen LogP contribution in [0.5, 0.6) is 5.75 Å². The Hall–Kier alpha value is -1.39. The van der Waals surface area contributed by atoms with Gasteiger partial charge >= 0.3 is 0 Å². The fourth-order valence-corrected chi connectivity index (χ4v) is 4.09. The van der Waals surface area contributed by atoms with E-state index >= 15 is 0 Å². The van der Waals surface area contributed by atoms with Crippen LogP contribution in [0, 0.1) is 5.92 Å². The number of methoxy groups -OCH3 is 3. The molecule has 0 N–H and O–H groups in total. The van der Waals surface area contributed by atoms with Gasteiger partial charge in [0.1, 0.15) is 11.5 Å². The molecule has 0 aliphatic rings. The van der Waals surface area contributed by atoms with Gasteiger partial charge in [0.05, 0.1) is 12.5 Å². The van der Waals surface area contributed by atoms with E-state index in [0.717, 1.165) is 49.8 Å². The molecule has 0 heterocycles. The zero-order valence-electron chi connectivity index (χ0n) is 20.3. The first kappa shape index (κ1) is 27.6. The Morgan fingerprint density at radius 1 is 1.03 bits per heavy atom. The second-order valence-corrected chi connectivity index (χ2v) is 7.52. The molecule has 1 rings (SSSR count). The molecule has 4 heteroatoms. The maximum absolute atomic E-state index is 13.5. The van der Waals surface area contributed by atoms with Gasteiger partial charge in [0, 0.05) is 20.1 Å². The minimum absolute atomic E-state index is 0.0203. The van der Waals surface area contributed by atoms with Crippen molar-refractivity contribution in [2.24, 2.45) is 5.92 Å². The van der Waals surface area contributed by atoms with Crippen molar-refractivity contribution in [2.75, 3.05) is 21.3 Å². The van der Waals surface area contributed by atoms with Gasteiger partial charge in [0.15, 0.2) is 6.29 Å². The summed E-state index contributed by atoms with van der Waals surface area (Å²) in [5, 5.41) is 0. The maximum Gasteiger partial charge on any atom is 0.156 e. The number of ether oxygens (including phenoxy) is 3. The molecule has 0 unspecified atom stereocenters. The van der Waals surface area contributed by atoms with Crippen LogP contribution < -0.4 is 4.74 Å². The van der Waals surface area contributed by atoms with Crippen LogP contribution in [0.2, 0.25) is 0 Å². The number of hydrogen-bond donors (Lipinski definition) is 0. The lowest BCUT2D eigenvalue weighted by Crippen LogP contribution is -2.40. The minimum atomic E-state index is -0.491. The number of benzene rings is 1. The highest BCUT2D eigenvalue weighted by molar-refractivity contribution is 5.92. The molecule has 0 radical (unpaired) electrons. The summed E-state index contributed by atoms with van der Waals surface area (Å²) >= 11 is 0. The van der Waals surface area contributed by atoms with Crippen LogP contribution in [0.25, 0.3) is 0 Å². The number of Topliss-reactive ketones (excluding diaryl/α,β-unsaturated/α-hetero) is 1. The predicted molar refractivity (Wildman–Crippen MR) is 122 cm³/mol. The predicted octanol–water partition coefficient (Wildman–Crippen LogP) is 6.34. The van der Waals surface area contributed by atoms with E-state index in [1.165, 1.54) is 5.56 Å². The zero-order chi connectivity index (χ0) is 22.4. The van der Waals surface area contributed by atoms with Crippen LogP contribution in [0.3, 0.4) is 0 Å². The molecule has 1 atom stereocenters. The van der Waals surface area contributed by atoms with Gasteiger partial charge in [-0.1, -0.05) is 54.0 Å². The monoisotopic (exact) mass is 408 g/mol. The van der Waals surface area contributed by atoms with Crippen LogP contribution in [-0.4, -0.2) is 33.4 Å². The van der Waals surface area contributed by atoms with E-state index in [4.69, 9.17) is 14.2 Å². The molecular formula is C25H44O4. The third-order valence-corrected chi connectivity index (χ3v) is 5.46. The van der Waals surface area contributed by atoms with Gasteiger partial charge < -0.3 is 14.2 Å². The Bertz CT molecular complexity index is 578. The van der Waals surface area contributed by atoms with Gasteiger partial charge in [0.25, 0.3) is 0 Å². The molecule has 0 fully saturated rings. The molecule has 0 bridgehead atoms. The number of rotatable bonds is 13. The minimum Gasteiger partial charge on any atom is -0.497 e. The van der Waals surface area contributed by atoms with Gasteiger partial charge in [-0.3, -0.25) is 4.79 Å². The highest BCUT2D eigenvalue weighted by Gasteiger charge is 2.41. The average molecular weight is 409 g/mol. The largest absolute Gasteiger partial charge is 0.497 e. The molecule has 0 saturated heterocycles. The smallest absolute Gasteiger partial charge is 0.156 e. The van der Waals surface area contributed by atoms with Gasteiger partial charge in [-0.25, -0.2) is 0 Å². The van der Waals surface area contributed by atoms with Gasteiger partial charge in [-0.2, -0.15) is 0 Å². The number of carbonyl (C=O) groups excluding carboxylic acids is 1. The van der Waals surface area contributed by atoms with Gasteiger partial charge in [0.2, 0.25) is 0 Å². The second-order valence-electron chi connectivity index (χ2n) is 7.52. The molecule has 0 aliphatic heterocycles. The Kier molecular flexibility index (Phi) is 13.9. The lowest BCUT2D eigenvalue weighted by atomic mass is 9.66. The van der Waals surface area contributed by atoms with Gasteiger partial charge in [-0.15, -0.1) is 0 Å². The fraction of sp³-hybridized carbons (Fsp3) is 0.720. The maximum atomic E-state index is 13.5. The van der Waals surface area contributed by atoms with E-state index in [0.29, 0.717) is 5.78 Å². The Morgan fingerprint density at radius 2 is 1.66 bits per heavy atom. The van der Waals surface area contributed by atoms with Crippen molar-refractivity contribution in [3.8, 4) is 5.75 Å². The summed E-state index contributed by atoms with van der Waals surface area (Å²) in [5.41, 5.74) is 1.87. The Morgan fingerprint density at radius 3 is 2.10 bits per heavy atom. The SMILES string of the molecule is CC.CCC[C@](CCCC(OC)OC)(C(=O)C(C)C)c1cc(OC)ccc1CC. The lowest BCUT2D eigenvalue weighted by Gasteiger charge is -2.36. The van der Waals surface area contributed by atoms with Crippen LogP contribution in [-0.2, 0) is 26.1 Å². The summed E-state index contributed by atoms with van der Waals surface area (Å²) < 4.78 is 16.2. The van der Waals surface area contributed by atoms with E-state index in [2.05, 4.69) is 26.0 Å². The molecule has 0 aliphatic carbocycles. The molecular weight excluding hydrogens is 364 g/mol. The lowest BCUT2D eigenvalue weighted by molar-refractivity contribution is -0.129. The van der Waals surface area contributed by atoms with E-state index in [-0.39, 0.29) is 12.2 Å². The quantitative estimate of drug-likeness (QED) is 0.357. The van der Waals surface area contributed by atoms with Crippen molar-refractivity contribution in [3.63, 3.8) is 0 Å². The number of ketones is 1. The van der Waals surface area contributed by atoms with Gasteiger partial charge in [-0.05, 0) is 55.4 Å².